The summed E-state index contributed by atoms with van der Waals surface area (Å²) in [6.45, 7) is 0.0140. The molecule has 1 aliphatic heterocycles. The van der Waals surface area contributed by atoms with Crippen LogP contribution in [0.5, 0.6) is 11.5 Å². The first-order valence-electron chi connectivity index (χ1n) is 5.74. The van der Waals surface area contributed by atoms with Crippen molar-refractivity contribution in [2.45, 2.75) is 0 Å². The molecule has 108 valence electrons. The lowest BCUT2D eigenvalue weighted by atomic mass is 10.2. The third-order valence-electron chi connectivity index (χ3n) is 2.66. The van der Waals surface area contributed by atoms with Crippen LogP contribution in [0.15, 0.2) is 21.5 Å². The molecule has 0 bridgehead atoms. The number of thioether (sulfide) groups is 1. The zero-order valence-corrected chi connectivity index (χ0v) is 13.3. The topological polar surface area (TPSA) is 66.8 Å². The fourth-order valence-electron chi connectivity index (χ4n) is 1.59. The predicted octanol–water partition coefficient (Wildman–Crippen LogP) is 2.83. The van der Waals surface area contributed by atoms with Gasteiger partial charge in [-0.1, -0.05) is 21.9 Å². The number of likely N-dealkylation sites (N-methyl/N-ethyl adjacent to an activating group) is 1. The van der Waals surface area contributed by atoms with Gasteiger partial charge in [-0.25, -0.2) is 0 Å². The maximum Gasteiger partial charge on any atom is 0.293 e. The highest BCUT2D eigenvalue weighted by Crippen LogP contribution is 2.37. The van der Waals surface area contributed by atoms with Gasteiger partial charge in [-0.05, 0) is 35.5 Å². The number of hydrogen-bond acceptors (Lipinski definition) is 5. The maximum absolute atomic E-state index is 11.8. The molecule has 0 aliphatic carbocycles. The van der Waals surface area contributed by atoms with Gasteiger partial charge in [-0.15, -0.1) is 6.42 Å². The molecule has 1 aliphatic rings. The van der Waals surface area contributed by atoms with Crippen LogP contribution in [0.25, 0.3) is 6.08 Å². The summed E-state index contributed by atoms with van der Waals surface area (Å²) in [5, 5.41) is 9.43. The van der Waals surface area contributed by atoms with Gasteiger partial charge >= 0.3 is 0 Å². The average molecular weight is 368 g/mol. The monoisotopic (exact) mass is 367 g/mol. The molecule has 1 aromatic carbocycles. The quantitative estimate of drug-likeness (QED) is 0.657. The summed E-state index contributed by atoms with van der Waals surface area (Å²) in [6.07, 6.45) is 6.66. The van der Waals surface area contributed by atoms with E-state index in [4.69, 9.17) is 11.2 Å². The molecule has 21 heavy (non-hydrogen) atoms. The summed E-state index contributed by atoms with van der Waals surface area (Å²) in [6, 6.07) is 2.98. The number of terminal acetylenes is 1. The summed E-state index contributed by atoms with van der Waals surface area (Å²) in [5.74, 6) is 2.07. The number of phenols is 1. The summed E-state index contributed by atoms with van der Waals surface area (Å²) < 4.78 is 5.78. The summed E-state index contributed by atoms with van der Waals surface area (Å²) >= 11 is 4.14. The predicted molar refractivity (Wildman–Crippen MR) is 83.9 cm³/mol. The number of carbonyl (C=O) groups is 2. The van der Waals surface area contributed by atoms with Gasteiger partial charge in [0.25, 0.3) is 11.1 Å². The SMILES string of the molecule is C#CCOc1cc(/C=C2\SC(=O)N(C)C2=O)c(Br)cc1O. The van der Waals surface area contributed by atoms with E-state index in [-0.39, 0.29) is 29.3 Å². The van der Waals surface area contributed by atoms with Crippen LogP contribution in [-0.4, -0.2) is 34.8 Å². The highest BCUT2D eigenvalue weighted by atomic mass is 79.9. The van der Waals surface area contributed by atoms with Crippen molar-refractivity contribution in [2.75, 3.05) is 13.7 Å². The Morgan fingerprint density at radius 2 is 2.24 bits per heavy atom. The maximum atomic E-state index is 11.8. The van der Waals surface area contributed by atoms with Crippen LogP contribution in [0.4, 0.5) is 4.79 Å². The van der Waals surface area contributed by atoms with E-state index >= 15 is 0 Å². The highest BCUT2D eigenvalue weighted by Gasteiger charge is 2.32. The first-order chi connectivity index (χ1) is 9.93. The first-order valence-corrected chi connectivity index (χ1v) is 7.35. The van der Waals surface area contributed by atoms with E-state index < -0.39 is 0 Å². The number of phenolic OH excluding ortho intramolecular Hbond substituents is 1. The molecule has 0 spiro atoms. The molecular weight excluding hydrogens is 358 g/mol. The van der Waals surface area contributed by atoms with Crippen molar-refractivity contribution < 1.29 is 19.4 Å². The van der Waals surface area contributed by atoms with Crippen molar-refractivity contribution in [1.29, 1.82) is 0 Å². The van der Waals surface area contributed by atoms with Gasteiger partial charge in [0, 0.05) is 11.5 Å². The summed E-state index contributed by atoms with van der Waals surface area (Å²) in [5.41, 5.74) is 0.596. The number of benzene rings is 1. The Labute approximate surface area is 134 Å². The van der Waals surface area contributed by atoms with Gasteiger partial charge in [0.1, 0.15) is 6.61 Å². The Morgan fingerprint density at radius 3 is 2.81 bits per heavy atom. The highest BCUT2D eigenvalue weighted by molar-refractivity contribution is 9.10. The number of halogens is 1. The fraction of sp³-hybridized carbons (Fsp3) is 0.143. The van der Waals surface area contributed by atoms with Crippen molar-refractivity contribution in [3.8, 4) is 23.8 Å². The van der Waals surface area contributed by atoms with Crippen molar-refractivity contribution in [2.24, 2.45) is 0 Å². The van der Waals surface area contributed by atoms with E-state index in [2.05, 4.69) is 21.9 Å². The average Bonchev–Trinajstić information content (AvgIpc) is 2.68. The second-order valence-corrected chi connectivity index (χ2v) is 5.92. The molecule has 0 atom stereocenters. The molecule has 0 unspecified atom stereocenters. The lowest BCUT2D eigenvalue weighted by Gasteiger charge is -2.08. The molecule has 2 amide bonds. The van der Waals surface area contributed by atoms with Gasteiger partial charge in [0.05, 0.1) is 4.91 Å². The second kappa shape index (κ2) is 6.24. The zero-order valence-electron chi connectivity index (χ0n) is 10.9. The van der Waals surface area contributed by atoms with E-state index in [0.29, 0.717) is 14.9 Å². The zero-order chi connectivity index (χ0) is 15.6. The van der Waals surface area contributed by atoms with Crippen LogP contribution < -0.4 is 4.74 Å². The molecule has 1 aromatic rings. The van der Waals surface area contributed by atoms with Gasteiger partial charge < -0.3 is 9.84 Å². The Kier molecular flexibility index (Phi) is 4.60. The molecule has 0 aromatic heterocycles. The molecule has 1 fully saturated rings. The Hall–Kier alpha value is -1.91. The molecule has 1 N–H and O–H groups in total. The molecule has 1 heterocycles. The van der Waals surface area contributed by atoms with E-state index in [1.165, 1.54) is 13.1 Å². The van der Waals surface area contributed by atoms with Crippen LogP contribution in [0.3, 0.4) is 0 Å². The van der Waals surface area contributed by atoms with Crippen LogP contribution in [0, 0.1) is 12.3 Å². The smallest absolute Gasteiger partial charge is 0.293 e. The van der Waals surface area contributed by atoms with Gasteiger partial charge in [-0.3, -0.25) is 14.5 Å². The Balaban J connectivity index is 2.38. The lowest BCUT2D eigenvalue weighted by Crippen LogP contribution is -2.22. The van der Waals surface area contributed by atoms with E-state index in [0.717, 1.165) is 16.7 Å². The third-order valence-corrected chi connectivity index (χ3v) is 4.31. The Morgan fingerprint density at radius 1 is 1.52 bits per heavy atom. The first kappa shape index (κ1) is 15.5. The molecule has 7 heteroatoms. The fourth-order valence-corrected chi connectivity index (χ4v) is 2.85. The molecule has 0 saturated carbocycles. The van der Waals surface area contributed by atoms with Crippen molar-refractivity contribution >= 4 is 44.9 Å². The molecule has 2 rings (SSSR count). The minimum absolute atomic E-state index is 0.0140. The molecule has 0 radical (unpaired) electrons. The van der Waals surface area contributed by atoms with Crippen LogP contribution in [-0.2, 0) is 4.79 Å². The van der Waals surface area contributed by atoms with E-state index in [1.807, 2.05) is 0 Å². The molecule has 5 nitrogen and oxygen atoms in total. The summed E-state index contributed by atoms with van der Waals surface area (Å²) in [7, 11) is 1.42. The van der Waals surface area contributed by atoms with Crippen LogP contribution in [0.1, 0.15) is 5.56 Å². The molecular formula is C14H10BrNO4S. The van der Waals surface area contributed by atoms with E-state index in [1.54, 1.807) is 12.1 Å². The van der Waals surface area contributed by atoms with Gasteiger partial charge in [-0.2, -0.15) is 0 Å². The number of carbonyl (C=O) groups excluding carboxylic acids is 2. The van der Waals surface area contributed by atoms with E-state index in [9.17, 15) is 14.7 Å². The normalized spacial score (nSPS) is 16.4. The molecule has 1 saturated heterocycles. The number of amides is 2. The standard InChI is InChI=1S/C14H10BrNO4S/c1-3-4-20-11-5-8(9(15)7-10(11)17)6-12-13(18)16(2)14(19)21-12/h1,5-7,17H,4H2,2H3/b12-6-. The van der Waals surface area contributed by atoms with Crippen LogP contribution in [0.2, 0.25) is 0 Å². The van der Waals surface area contributed by atoms with Crippen molar-refractivity contribution in [3.05, 3.63) is 27.1 Å². The van der Waals surface area contributed by atoms with Crippen LogP contribution >= 0.6 is 27.7 Å². The Bertz CT molecular complexity index is 693. The minimum atomic E-state index is -0.365. The number of imide groups is 1. The number of rotatable bonds is 3. The van der Waals surface area contributed by atoms with Gasteiger partial charge in [0.15, 0.2) is 11.5 Å². The van der Waals surface area contributed by atoms with Gasteiger partial charge in [0.2, 0.25) is 0 Å². The van der Waals surface area contributed by atoms with Crippen molar-refractivity contribution in [1.82, 2.24) is 4.90 Å². The summed E-state index contributed by atoms with van der Waals surface area (Å²) in [4.78, 5) is 24.7. The number of aromatic hydroxyl groups is 1. The second-order valence-electron chi connectivity index (χ2n) is 4.07. The number of hydrogen-bond donors (Lipinski definition) is 1. The third kappa shape index (κ3) is 3.23. The largest absolute Gasteiger partial charge is 0.504 e. The van der Waals surface area contributed by atoms with Crippen molar-refractivity contribution in [3.63, 3.8) is 0 Å². The number of ether oxygens (including phenoxy) is 1. The lowest BCUT2D eigenvalue weighted by molar-refractivity contribution is -0.121. The number of nitrogens with zero attached hydrogens (tertiary/aromatic N) is 1. The minimum Gasteiger partial charge on any atom is -0.504 e.